The van der Waals surface area contributed by atoms with E-state index in [1.54, 1.807) is 12.3 Å². The van der Waals surface area contributed by atoms with E-state index in [-0.39, 0.29) is 24.2 Å². The molecule has 2 bridgehead atoms. The van der Waals surface area contributed by atoms with Crippen LogP contribution in [0.5, 0.6) is 5.75 Å². The van der Waals surface area contributed by atoms with E-state index in [2.05, 4.69) is 16.0 Å². The molecular weight excluding hydrogens is 528 g/mol. The van der Waals surface area contributed by atoms with Gasteiger partial charge in [0.05, 0.1) is 6.04 Å². The Hall–Kier alpha value is -4.43. The second-order valence-electron chi connectivity index (χ2n) is 11.1. The maximum atomic E-state index is 14.1. The van der Waals surface area contributed by atoms with Crippen molar-refractivity contribution in [3.8, 4) is 5.75 Å². The molecule has 0 spiro atoms. The van der Waals surface area contributed by atoms with Crippen LogP contribution in [-0.4, -0.2) is 60.9 Å². The van der Waals surface area contributed by atoms with Crippen molar-refractivity contribution in [3.05, 3.63) is 108 Å². The van der Waals surface area contributed by atoms with E-state index < -0.39 is 30.1 Å². The highest BCUT2D eigenvalue weighted by molar-refractivity contribution is 5.94. The Morgan fingerprint density at radius 2 is 1.50 bits per heavy atom. The molecule has 0 saturated carbocycles. The van der Waals surface area contributed by atoms with Crippen molar-refractivity contribution in [2.75, 3.05) is 14.1 Å². The van der Waals surface area contributed by atoms with Gasteiger partial charge in [0.15, 0.2) is 0 Å². The SMILES string of the molecule is CC(C)[C@@H]1Oc2ccc(cc2)C=CNC(=O)[C@@H](Cc2ccccc2)NC(=O)[C@@H]1NC(=O)[C@H](Cc1ccccc1)N(C)C. The lowest BCUT2D eigenvalue weighted by Gasteiger charge is -2.33. The number of nitrogens with zero attached hydrogens (tertiary/aromatic N) is 1. The van der Waals surface area contributed by atoms with Gasteiger partial charge in [-0.25, -0.2) is 0 Å². The predicted molar refractivity (Wildman–Crippen MR) is 165 cm³/mol. The van der Waals surface area contributed by atoms with E-state index >= 15 is 0 Å². The van der Waals surface area contributed by atoms with E-state index in [9.17, 15) is 14.4 Å². The Balaban J connectivity index is 1.69. The van der Waals surface area contributed by atoms with E-state index in [0.29, 0.717) is 12.2 Å². The van der Waals surface area contributed by atoms with E-state index in [0.717, 1.165) is 16.7 Å². The quantitative estimate of drug-likeness (QED) is 0.386. The molecule has 0 aromatic heterocycles. The second-order valence-corrected chi connectivity index (χ2v) is 11.1. The summed E-state index contributed by atoms with van der Waals surface area (Å²) in [6, 6.07) is 24.1. The van der Waals surface area contributed by atoms with Crippen molar-refractivity contribution in [2.45, 2.75) is 50.9 Å². The Morgan fingerprint density at radius 3 is 2.10 bits per heavy atom. The largest absolute Gasteiger partial charge is 0.487 e. The Labute approximate surface area is 248 Å². The summed E-state index contributed by atoms with van der Waals surface area (Å²) in [6.45, 7) is 3.89. The van der Waals surface area contributed by atoms with Gasteiger partial charge in [-0.3, -0.25) is 19.3 Å². The van der Waals surface area contributed by atoms with Gasteiger partial charge in [-0.1, -0.05) is 86.6 Å². The molecule has 3 aromatic carbocycles. The minimum atomic E-state index is -1.07. The summed E-state index contributed by atoms with van der Waals surface area (Å²) in [5.41, 5.74) is 2.78. The molecule has 220 valence electrons. The van der Waals surface area contributed by atoms with Crippen LogP contribution in [-0.2, 0) is 27.2 Å². The lowest BCUT2D eigenvalue weighted by atomic mass is 9.96. The average molecular weight is 569 g/mol. The molecule has 3 aromatic rings. The molecule has 3 N–H and O–H groups in total. The molecular formula is C34H40N4O4. The highest BCUT2D eigenvalue weighted by Gasteiger charge is 2.37. The van der Waals surface area contributed by atoms with Crippen LogP contribution in [0.25, 0.3) is 6.08 Å². The van der Waals surface area contributed by atoms with Crippen LogP contribution in [0.2, 0.25) is 0 Å². The molecule has 2 aliphatic rings. The third-order valence-corrected chi connectivity index (χ3v) is 7.33. The van der Waals surface area contributed by atoms with E-state index in [1.807, 2.05) is 118 Å². The maximum absolute atomic E-state index is 14.1. The number of hydrogen-bond acceptors (Lipinski definition) is 5. The lowest BCUT2D eigenvalue weighted by Crippen LogP contribution is -2.62. The number of rotatable bonds is 8. The number of nitrogens with one attached hydrogen (secondary N) is 3. The molecule has 0 aliphatic carbocycles. The molecule has 5 rings (SSSR count). The van der Waals surface area contributed by atoms with Gasteiger partial charge in [-0.05, 0) is 61.3 Å². The second kappa shape index (κ2) is 14.5. The summed E-state index contributed by atoms with van der Waals surface area (Å²) in [6.07, 6.45) is 3.39. The van der Waals surface area contributed by atoms with Gasteiger partial charge in [-0.2, -0.15) is 0 Å². The van der Waals surface area contributed by atoms with Crippen LogP contribution >= 0.6 is 0 Å². The minimum Gasteiger partial charge on any atom is -0.487 e. The van der Waals surface area contributed by atoms with Gasteiger partial charge in [0, 0.05) is 12.6 Å². The van der Waals surface area contributed by atoms with Crippen molar-refractivity contribution < 1.29 is 19.1 Å². The summed E-state index contributed by atoms with van der Waals surface area (Å²) in [4.78, 5) is 43.1. The lowest BCUT2D eigenvalue weighted by molar-refractivity contribution is -0.136. The first kappa shape index (κ1) is 30.5. The average Bonchev–Trinajstić information content (AvgIpc) is 2.98. The fourth-order valence-electron chi connectivity index (χ4n) is 4.94. The van der Waals surface area contributed by atoms with Crippen LogP contribution < -0.4 is 20.7 Å². The standard InChI is InChI=1S/C34H40N4O4/c1-23(2)31-30(37-33(40)29(38(3)4)22-26-13-9-6-10-14-26)34(41)36-28(21-25-11-7-5-8-12-25)32(39)35-20-19-24-15-17-27(42-31)18-16-24/h5-20,23,28-31H,21-22H2,1-4H3,(H,35,39)(H,36,41)(H,37,40)/t28-,29+,30-,31+/m1/s1. The van der Waals surface area contributed by atoms with Crippen molar-refractivity contribution in [1.82, 2.24) is 20.9 Å². The maximum Gasteiger partial charge on any atom is 0.247 e. The third kappa shape index (κ3) is 8.30. The molecule has 0 unspecified atom stereocenters. The smallest absolute Gasteiger partial charge is 0.247 e. The van der Waals surface area contributed by atoms with Crippen LogP contribution in [0.15, 0.2) is 91.1 Å². The zero-order chi connectivity index (χ0) is 30.1. The predicted octanol–water partition coefficient (Wildman–Crippen LogP) is 3.58. The molecule has 0 fully saturated rings. The summed E-state index contributed by atoms with van der Waals surface area (Å²) in [5, 5.41) is 8.74. The number of carbonyl (C=O) groups excluding carboxylic acids is 3. The number of fused-ring (bicyclic) bond motifs is 10. The number of amides is 3. The monoisotopic (exact) mass is 568 g/mol. The molecule has 8 heteroatoms. The summed E-state index contributed by atoms with van der Waals surface area (Å²) >= 11 is 0. The van der Waals surface area contributed by atoms with Crippen LogP contribution in [0, 0.1) is 5.92 Å². The Bertz CT molecular complexity index is 1360. The van der Waals surface area contributed by atoms with Gasteiger partial charge in [0.25, 0.3) is 0 Å². The molecule has 0 radical (unpaired) electrons. The van der Waals surface area contributed by atoms with E-state index in [4.69, 9.17) is 4.74 Å². The Morgan fingerprint density at radius 1 is 0.881 bits per heavy atom. The van der Waals surface area contributed by atoms with Gasteiger partial charge in [0.1, 0.15) is 23.9 Å². The molecule has 42 heavy (non-hydrogen) atoms. The summed E-state index contributed by atoms with van der Waals surface area (Å²) in [7, 11) is 3.68. The van der Waals surface area contributed by atoms with E-state index in [1.165, 1.54) is 0 Å². The van der Waals surface area contributed by atoms with Crippen LogP contribution in [0.3, 0.4) is 0 Å². The topological polar surface area (TPSA) is 99.8 Å². The van der Waals surface area contributed by atoms with Gasteiger partial charge in [-0.15, -0.1) is 0 Å². The summed E-state index contributed by atoms with van der Waals surface area (Å²) < 4.78 is 6.38. The van der Waals surface area contributed by atoms with Gasteiger partial charge >= 0.3 is 0 Å². The minimum absolute atomic E-state index is 0.151. The first-order valence-corrected chi connectivity index (χ1v) is 14.3. The number of ether oxygens (including phenoxy) is 1. The molecule has 2 aliphatic heterocycles. The van der Waals surface area contributed by atoms with Gasteiger partial charge < -0.3 is 20.7 Å². The first-order valence-electron chi connectivity index (χ1n) is 14.3. The highest BCUT2D eigenvalue weighted by Crippen LogP contribution is 2.21. The molecule has 0 saturated heterocycles. The van der Waals surface area contributed by atoms with Crippen LogP contribution in [0.1, 0.15) is 30.5 Å². The normalized spacial score (nSPS) is 19.9. The zero-order valence-electron chi connectivity index (χ0n) is 24.6. The Kier molecular flexibility index (Phi) is 10.5. The molecule has 4 atom stereocenters. The number of hydrogen-bond donors (Lipinski definition) is 3. The van der Waals surface area contributed by atoms with Gasteiger partial charge in [0.2, 0.25) is 17.7 Å². The molecule has 8 nitrogen and oxygen atoms in total. The fraction of sp³-hybridized carbons (Fsp3) is 0.324. The number of benzene rings is 3. The zero-order valence-corrected chi connectivity index (χ0v) is 24.6. The fourth-order valence-corrected chi connectivity index (χ4v) is 4.94. The summed E-state index contributed by atoms with van der Waals surface area (Å²) in [5.74, 6) is -0.732. The molecule has 3 amide bonds. The van der Waals surface area contributed by atoms with Crippen molar-refractivity contribution >= 4 is 23.8 Å². The van der Waals surface area contributed by atoms with Crippen molar-refractivity contribution in [1.29, 1.82) is 0 Å². The number of likely N-dealkylation sites (N-methyl/N-ethyl adjacent to an activating group) is 1. The highest BCUT2D eigenvalue weighted by atomic mass is 16.5. The molecule has 2 heterocycles. The number of carbonyl (C=O) groups is 3. The van der Waals surface area contributed by atoms with Crippen LogP contribution in [0.4, 0.5) is 0 Å². The first-order chi connectivity index (χ1) is 20.2. The third-order valence-electron chi connectivity index (χ3n) is 7.33. The van der Waals surface area contributed by atoms with Crippen molar-refractivity contribution in [2.24, 2.45) is 5.92 Å². The van der Waals surface area contributed by atoms with Crippen molar-refractivity contribution in [3.63, 3.8) is 0 Å².